The van der Waals surface area contributed by atoms with Crippen molar-refractivity contribution in [3.8, 4) is 5.69 Å². The van der Waals surface area contributed by atoms with Crippen molar-refractivity contribution in [2.24, 2.45) is 0 Å². The summed E-state index contributed by atoms with van der Waals surface area (Å²) in [6, 6.07) is 15.8. The normalized spacial score (nSPS) is 15.3. The third-order valence-corrected chi connectivity index (χ3v) is 5.77. The summed E-state index contributed by atoms with van der Waals surface area (Å²) >= 11 is 0. The molecule has 2 aromatic carbocycles. The maximum absolute atomic E-state index is 13.2. The quantitative estimate of drug-likeness (QED) is 0.615. The Balaban J connectivity index is 1.41. The van der Waals surface area contributed by atoms with Gasteiger partial charge >= 0.3 is 5.97 Å². The van der Waals surface area contributed by atoms with Gasteiger partial charge in [-0.05, 0) is 74.6 Å². The topological polar surface area (TPSA) is 60.3 Å². The number of esters is 1. The Kier molecular flexibility index (Phi) is 5.89. The summed E-state index contributed by atoms with van der Waals surface area (Å²) < 4.78 is 20.4. The van der Waals surface area contributed by atoms with E-state index in [1.54, 1.807) is 25.1 Å². The smallest absolute Gasteiger partial charge is 0.340 e. The molecule has 160 valence electrons. The van der Waals surface area contributed by atoms with Crippen molar-refractivity contribution in [2.75, 3.05) is 6.61 Å². The van der Waals surface area contributed by atoms with Gasteiger partial charge in [-0.15, -0.1) is 0 Å². The van der Waals surface area contributed by atoms with Crippen molar-refractivity contribution >= 4 is 11.9 Å². The second-order valence-corrected chi connectivity index (χ2v) is 7.88. The highest BCUT2D eigenvalue weighted by atomic mass is 19.1. The van der Waals surface area contributed by atoms with Gasteiger partial charge in [-0.1, -0.05) is 24.3 Å². The number of carbonyl (C=O) groups excluding carboxylic acids is 2. The van der Waals surface area contributed by atoms with Crippen LogP contribution in [0.15, 0.2) is 54.6 Å². The fourth-order valence-electron chi connectivity index (χ4n) is 4.31. The molecule has 4 rings (SSSR count). The minimum Gasteiger partial charge on any atom is -0.452 e. The summed E-state index contributed by atoms with van der Waals surface area (Å²) in [7, 11) is 0. The first-order chi connectivity index (χ1) is 14.9. The van der Waals surface area contributed by atoms with Gasteiger partial charge < -0.3 is 14.6 Å². The number of aryl methyl sites for hydroxylation is 2. The lowest BCUT2D eigenvalue weighted by molar-refractivity contribution is -0.125. The number of benzene rings is 2. The van der Waals surface area contributed by atoms with E-state index < -0.39 is 5.97 Å². The maximum Gasteiger partial charge on any atom is 0.340 e. The van der Waals surface area contributed by atoms with Crippen LogP contribution in [0.3, 0.4) is 0 Å². The first-order valence-electron chi connectivity index (χ1n) is 10.4. The first kappa shape index (κ1) is 20.8. The predicted molar refractivity (Wildman–Crippen MR) is 116 cm³/mol. The number of carbonyl (C=O) groups is 2. The molecule has 1 N–H and O–H groups in total. The molecule has 1 aliphatic rings. The van der Waals surface area contributed by atoms with E-state index in [2.05, 4.69) is 11.4 Å². The van der Waals surface area contributed by atoms with E-state index in [1.165, 1.54) is 17.7 Å². The molecule has 1 aliphatic carbocycles. The monoisotopic (exact) mass is 420 g/mol. The van der Waals surface area contributed by atoms with Gasteiger partial charge in [0.15, 0.2) is 6.61 Å². The van der Waals surface area contributed by atoms with Crippen molar-refractivity contribution < 1.29 is 18.7 Å². The lowest BCUT2D eigenvalue weighted by Gasteiger charge is -2.26. The van der Waals surface area contributed by atoms with Gasteiger partial charge in [0.2, 0.25) is 0 Å². The second-order valence-electron chi connectivity index (χ2n) is 7.88. The molecule has 1 atom stereocenters. The number of nitrogens with one attached hydrogen (secondary N) is 1. The standard InChI is InChI=1S/C25H25FN2O3/c1-16-14-22(17(2)28(16)20-12-10-19(26)11-13-20)25(30)31-15-24(29)27-23-9-5-7-18-6-3-4-8-21(18)23/h3-4,6,8,10-14,23H,5,7,9,15H2,1-2H3,(H,27,29). The maximum atomic E-state index is 13.2. The highest BCUT2D eigenvalue weighted by Gasteiger charge is 2.23. The second kappa shape index (κ2) is 8.76. The van der Waals surface area contributed by atoms with Crippen LogP contribution in [0.25, 0.3) is 5.69 Å². The van der Waals surface area contributed by atoms with Crippen LogP contribution < -0.4 is 5.32 Å². The fraction of sp³-hybridized carbons (Fsp3) is 0.280. The third-order valence-electron chi connectivity index (χ3n) is 5.77. The molecule has 0 spiro atoms. The molecule has 31 heavy (non-hydrogen) atoms. The van der Waals surface area contributed by atoms with Gasteiger partial charge in [-0.3, -0.25) is 4.79 Å². The molecule has 6 heteroatoms. The summed E-state index contributed by atoms with van der Waals surface area (Å²) in [5.41, 5.74) is 5.03. The van der Waals surface area contributed by atoms with Crippen LogP contribution in [-0.2, 0) is 16.0 Å². The number of fused-ring (bicyclic) bond motifs is 1. The van der Waals surface area contributed by atoms with Gasteiger partial charge in [0.05, 0.1) is 11.6 Å². The van der Waals surface area contributed by atoms with E-state index >= 15 is 0 Å². The zero-order valence-corrected chi connectivity index (χ0v) is 17.7. The summed E-state index contributed by atoms with van der Waals surface area (Å²) in [6.07, 6.45) is 2.90. The molecule has 3 aromatic rings. The minimum absolute atomic E-state index is 0.0558. The number of amides is 1. The van der Waals surface area contributed by atoms with Gasteiger partial charge in [-0.2, -0.15) is 0 Å². The molecule has 0 bridgehead atoms. The van der Waals surface area contributed by atoms with E-state index in [0.717, 1.165) is 36.2 Å². The third kappa shape index (κ3) is 4.38. The Morgan fingerprint density at radius 2 is 1.87 bits per heavy atom. The Morgan fingerprint density at radius 1 is 1.13 bits per heavy atom. The average Bonchev–Trinajstić information content (AvgIpc) is 3.07. The van der Waals surface area contributed by atoms with Crippen molar-refractivity contribution in [1.82, 2.24) is 9.88 Å². The Morgan fingerprint density at radius 3 is 2.65 bits per heavy atom. The van der Waals surface area contributed by atoms with Crippen LogP contribution in [0, 0.1) is 19.7 Å². The van der Waals surface area contributed by atoms with Gasteiger partial charge in [0.25, 0.3) is 5.91 Å². The van der Waals surface area contributed by atoms with Crippen LogP contribution in [0.4, 0.5) is 4.39 Å². The van der Waals surface area contributed by atoms with Crippen LogP contribution in [-0.4, -0.2) is 23.1 Å². The average molecular weight is 420 g/mol. The number of rotatable bonds is 5. The first-order valence-corrected chi connectivity index (χ1v) is 10.4. The molecule has 0 saturated heterocycles. The van der Waals surface area contributed by atoms with E-state index in [1.807, 2.05) is 29.7 Å². The fourth-order valence-corrected chi connectivity index (χ4v) is 4.31. The van der Waals surface area contributed by atoms with Crippen LogP contribution in [0.5, 0.6) is 0 Å². The SMILES string of the molecule is Cc1cc(C(=O)OCC(=O)NC2CCCc3ccccc32)c(C)n1-c1ccc(F)cc1. The van der Waals surface area contributed by atoms with Crippen LogP contribution in [0.1, 0.15) is 51.8 Å². The van der Waals surface area contributed by atoms with Crippen molar-refractivity contribution in [1.29, 1.82) is 0 Å². The molecular weight excluding hydrogens is 395 g/mol. The number of hydrogen-bond acceptors (Lipinski definition) is 3. The van der Waals surface area contributed by atoms with E-state index in [4.69, 9.17) is 4.74 Å². The van der Waals surface area contributed by atoms with Gasteiger partial charge in [0.1, 0.15) is 5.82 Å². The molecule has 1 unspecified atom stereocenters. The number of aromatic nitrogens is 1. The van der Waals surface area contributed by atoms with Crippen LogP contribution >= 0.6 is 0 Å². The highest BCUT2D eigenvalue weighted by molar-refractivity contribution is 5.93. The zero-order chi connectivity index (χ0) is 22.0. The molecule has 5 nitrogen and oxygen atoms in total. The lowest BCUT2D eigenvalue weighted by Crippen LogP contribution is -2.34. The summed E-state index contributed by atoms with van der Waals surface area (Å²) in [5.74, 6) is -1.19. The minimum atomic E-state index is -0.555. The molecule has 0 radical (unpaired) electrons. The van der Waals surface area contributed by atoms with Crippen molar-refractivity contribution in [2.45, 2.75) is 39.2 Å². The van der Waals surface area contributed by atoms with Crippen LogP contribution in [0.2, 0.25) is 0 Å². The Labute approximate surface area is 180 Å². The lowest BCUT2D eigenvalue weighted by atomic mass is 9.88. The van der Waals surface area contributed by atoms with Gasteiger partial charge in [-0.25, -0.2) is 9.18 Å². The molecular formula is C25H25FN2O3. The van der Waals surface area contributed by atoms with Crippen molar-refractivity contribution in [3.05, 3.63) is 88.5 Å². The summed E-state index contributed by atoms with van der Waals surface area (Å²) in [6.45, 7) is 3.32. The van der Waals surface area contributed by atoms with E-state index in [-0.39, 0.29) is 24.4 Å². The van der Waals surface area contributed by atoms with E-state index in [9.17, 15) is 14.0 Å². The molecule has 1 heterocycles. The molecule has 0 saturated carbocycles. The van der Waals surface area contributed by atoms with E-state index in [0.29, 0.717) is 11.3 Å². The van der Waals surface area contributed by atoms with Crippen molar-refractivity contribution in [3.63, 3.8) is 0 Å². The zero-order valence-electron chi connectivity index (χ0n) is 17.7. The number of nitrogens with zero attached hydrogens (tertiary/aromatic N) is 1. The predicted octanol–water partition coefficient (Wildman–Crippen LogP) is 4.58. The number of halogens is 1. The molecule has 0 aliphatic heterocycles. The Hall–Kier alpha value is -3.41. The van der Waals surface area contributed by atoms with Gasteiger partial charge in [0, 0.05) is 17.1 Å². The largest absolute Gasteiger partial charge is 0.452 e. The number of ether oxygens (including phenoxy) is 1. The summed E-state index contributed by atoms with van der Waals surface area (Å²) in [5, 5.41) is 2.99. The number of hydrogen-bond donors (Lipinski definition) is 1. The molecule has 1 amide bonds. The Bertz CT molecular complexity index is 1120. The molecule has 1 aromatic heterocycles. The molecule has 0 fully saturated rings. The highest BCUT2D eigenvalue weighted by Crippen LogP contribution is 2.29. The summed E-state index contributed by atoms with van der Waals surface area (Å²) in [4.78, 5) is 25.1.